The van der Waals surface area contributed by atoms with Crippen LogP contribution in [0, 0.1) is 6.92 Å². The SMILES string of the molecule is Cc1ccc(C(c2ccc(Cl)cc2)N2CCN(CCOCCO)CC2)cc1. The smallest absolute Gasteiger partial charge is 0.0698 e. The molecule has 1 atom stereocenters. The summed E-state index contributed by atoms with van der Waals surface area (Å²) in [5.74, 6) is 0. The summed E-state index contributed by atoms with van der Waals surface area (Å²) >= 11 is 6.11. The van der Waals surface area contributed by atoms with E-state index in [0.29, 0.717) is 13.2 Å². The number of nitrogens with zero attached hydrogens (tertiary/aromatic N) is 2. The standard InChI is InChI=1S/C22H29ClN2O2/c1-18-2-4-19(5-3-18)22(20-6-8-21(23)9-7-20)25-12-10-24(11-13-25)14-16-27-17-15-26/h2-9,22,26H,10-17H2,1H3. The Hall–Kier alpha value is -1.43. The Kier molecular flexibility index (Phi) is 7.68. The highest BCUT2D eigenvalue weighted by atomic mass is 35.5. The number of piperazine rings is 1. The molecule has 5 heteroatoms. The molecule has 0 bridgehead atoms. The molecule has 146 valence electrons. The van der Waals surface area contributed by atoms with E-state index in [1.54, 1.807) is 0 Å². The van der Waals surface area contributed by atoms with E-state index in [9.17, 15) is 0 Å². The number of aryl methyl sites for hydroxylation is 1. The van der Waals surface area contributed by atoms with Gasteiger partial charge in [-0.25, -0.2) is 0 Å². The van der Waals surface area contributed by atoms with Crippen molar-refractivity contribution in [1.82, 2.24) is 9.80 Å². The molecule has 27 heavy (non-hydrogen) atoms. The fourth-order valence-electron chi connectivity index (χ4n) is 3.61. The van der Waals surface area contributed by atoms with Gasteiger partial charge < -0.3 is 9.84 Å². The first-order valence-corrected chi connectivity index (χ1v) is 10.0. The first kappa shape index (κ1) is 20.3. The van der Waals surface area contributed by atoms with Crippen LogP contribution in [0.15, 0.2) is 48.5 Å². The maximum Gasteiger partial charge on any atom is 0.0698 e. The minimum Gasteiger partial charge on any atom is -0.394 e. The highest BCUT2D eigenvalue weighted by Crippen LogP contribution is 2.30. The summed E-state index contributed by atoms with van der Waals surface area (Å²) in [6.07, 6.45) is 0. The van der Waals surface area contributed by atoms with Crippen LogP contribution in [0.2, 0.25) is 5.02 Å². The van der Waals surface area contributed by atoms with Crippen LogP contribution >= 0.6 is 11.6 Å². The maximum absolute atomic E-state index is 8.80. The molecule has 0 spiro atoms. The Morgan fingerprint density at radius 3 is 2.11 bits per heavy atom. The zero-order valence-corrected chi connectivity index (χ0v) is 16.7. The molecule has 1 aliphatic heterocycles. The van der Waals surface area contributed by atoms with Crippen molar-refractivity contribution in [3.8, 4) is 0 Å². The van der Waals surface area contributed by atoms with Gasteiger partial charge in [-0.05, 0) is 30.2 Å². The van der Waals surface area contributed by atoms with Crippen molar-refractivity contribution in [2.24, 2.45) is 0 Å². The van der Waals surface area contributed by atoms with E-state index in [1.165, 1.54) is 16.7 Å². The lowest BCUT2D eigenvalue weighted by Gasteiger charge is -2.39. The number of aliphatic hydroxyl groups excluding tert-OH is 1. The minimum absolute atomic E-state index is 0.0904. The topological polar surface area (TPSA) is 35.9 Å². The monoisotopic (exact) mass is 388 g/mol. The van der Waals surface area contributed by atoms with Gasteiger partial charge in [0.25, 0.3) is 0 Å². The van der Waals surface area contributed by atoms with Crippen molar-refractivity contribution in [1.29, 1.82) is 0 Å². The lowest BCUT2D eigenvalue weighted by molar-refractivity contribution is 0.0522. The third-order valence-electron chi connectivity index (χ3n) is 5.14. The van der Waals surface area contributed by atoms with Crippen LogP contribution in [-0.4, -0.2) is 67.5 Å². The maximum atomic E-state index is 8.80. The average Bonchev–Trinajstić information content (AvgIpc) is 2.69. The van der Waals surface area contributed by atoms with Crippen molar-refractivity contribution in [2.75, 3.05) is 52.5 Å². The van der Waals surface area contributed by atoms with Gasteiger partial charge >= 0.3 is 0 Å². The largest absolute Gasteiger partial charge is 0.394 e. The fourth-order valence-corrected chi connectivity index (χ4v) is 3.74. The molecule has 3 rings (SSSR count). The fraction of sp³-hybridized carbons (Fsp3) is 0.455. The molecule has 0 saturated carbocycles. The number of halogens is 1. The number of rotatable bonds is 8. The molecule has 1 heterocycles. The molecule has 2 aromatic rings. The second-order valence-electron chi connectivity index (χ2n) is 7.08. The van der Waals surface area contributed by atoms with Crippen LogP contribution in [0.4, 0.5) is 0 Å². The molecule has 0 aliphatic carbocycles. The Labute approximate surface area is 167 Å². The molecule has 2 aromatic carbocycles. The van der Waals surface area contributed by atoms with Crippen LogP contribution in [0.25, 0.3) is 0 Å². The van der Waals surface area contributed by atoms with E-state index >= 15 is 0 Å². The highest BCUT2D eigenvalue weighted by molar-refractivity contribution is 6.30. The number of hydrogen-bond acceptors (Lipinski definition) is 4. The number of aliphatic hydroxyl groups is 1. The average molecular weight is 389 g/mol. The van der Waals surface area contributed by atoms with E-state index in [4.69, 9.17) is 21.4 Å². The normalized spacial score (nSPS) is 17.1. The predicted molar refractivity (Wildman–Crippen MR) is 110 cm³/mol. The van der Waals surface area contributed by atoms with E-state index < -0.39 is 0 Å². The van der Waals surface area contributed by atoms with Crippen molar-refractivity contribution < 1.29 is 9.84 Å². The van der Waals surface area contributed by atoms with Crippen LogP contribution < -0.4 is 0 Å². The minimum atomic E-state index is 0.0904. The Morgan fingerprint density at radius 2 is 1.52 bits per heavy atom. The van der Waals surface area contributed by atoms with E-state index in [1.807, 2.05) is 12.1 Å². The molecule has 0 aromatic heterocycles. The Bertz CT molecular complexity index is 637. The van der Waals surface area contributed by atoms with E-state index in [0.717, 1.165) is 37.7 Å². The van der Waals surface area contributed by atoms with Gasteiger partial charge in [0.15, 0.2) is 0 Å². The number of benzene rings is 2. The summed E-state index contributed by atoms with van der Waals surface area (Å²) in [5.41, 5.74) is 3.88. The molecule has 1 aliphatic rings. The van der Waals surface area contributed by atoms with Gasteiger partial charge in [0.1, 0.15) is 0 Å². The van der Waals surface area contributed by atoms with Gasteiger partial charge in [0.05, 0.1) is 25.9 Å². The second kappa shape index (κ2) is 10.2. The van der Waals surface area contributed by atoms with Crippen LogP contribution in [-0.2, 0) is 4.74 Å². The van der Waals surface area contributed by atoms with Crippen molar-refractivity contribution >= 4 is 11.6 Å². The highest BCUT2D eigenvalue weighted by Gasteiger charge is 2.26. The van der Waals surface area contributed by atoms with Crippen LogP contribution in [0.5, 0.6) is 0 Å². The zero-order valence-electron chi connectivity index (χ0n) is 16.0. The Morgan fingerprint density at radius 1 is 0.926 bits per heavy atom. The lowest BCUT2D eigenvalue weighted by Crippen LogP contribution is -2.48. The second-order valence-corrected chi connectivity index (χ2v) is 7.51. The van der Waals surface area contributed by atoms with E-state index in [-0.39, 0.29) is 12.6 Å². The summed E-state index contributed by atoms with van der Waals surface area (Å²) in [4.78, 5) is 4.99. The third-order valence-corrected chi connectivity index (χ3v) is 5.39. The van der Waals surface area contributed by atoms with Gasteiger partial charge in [0.2, 0.25) is 0 Å². The molecular formula is C22H29ClN2O2. The quantitative estimate of drug-likeness (QED) is 0.703. The number of hydrogen-bond donors (Lipinski definition) is 1. The lowest BCUT2D eigenvalue weighted by atomic mass is 9.95. The first-order valence-electron chi connectivity index (χ1n) is 9.64. The van der Waals surface area contributed by atoms with Crippen LogP contribution in [0.3, 0.4) is 0 Å². The van der Waals surface area contributed by atoms with Crippen molar-refractivity contribution in [3.05, 3.63) is 70.2 Å². The molecule has 1 N–H and O–H groups in total. The summed E-state index contributed by atoms with van der Waals surface area (Å²) < 4.78 is 5.40. The predicted octanol–water partition coefficient (Wildman–Crippen LogP) is 3.36. The molecule has 1 saturated heterocycles. The van der Waals surface area contributed by atoms with Gasteiger partial charge in [0, 0.05) is 37.7 Å². The summed E-state index contributed by atoms with van der Waals surface area (Å²) in [5, 5.41) is 9.57. The van der Waals surface area contributed by atoms with E-state index in [2.05, 4.69) is 53.1 Å². The summed E-state index contributed by atoms with van der Waals surface area (Å²) in [7, 11) is 0. The first-order chi connectivity index (χ1) is 13.2. The van der Waals surface area contributed by atoms with Gasteiger partial charge in [-0.1, -0.05) is 53.6 Å². The van der Waals surface area contributed by atoms with Crippen molar-refractivity contribution in [2.45, 2.75) is 13.0 Å². The molecule has 1 fully saturated rings. The molecule has 4 nitrogen and oxygen atoms in total. The van der Waals surface area contributed by atoms with Crippen molar-refractivity contribution in [3.63, 3.8) is 0 Å². The molecular weight excluding hydrogens is 360 g/mol. The third kappa shape index (κ3) is 5.77. The van der Waals surface area contributed by atoms with Gasteiger partial charge in [-0.2, -0.15) is 0 Å². The molecule has 1 unspecified atom stereocenters. The number of ether oxygens (including phenoxy) is 1. The van der Waals surface area contributed by atoms with Crippen LogP contribution in [0.1, 0.15) is 22.7 Å². The zero-order chi connectivity index (χ0) is 19.1. The Balaban J connectivity index is 1.69. The van der Waals surface area contributed by atoms with Gasteiger partial charge in [-0.15, -0.1) is 0 Å². The summed E-state index contributed by atoms with van der Waals surface area (Å²) in [6, 6.07) is 17.3. The molecule has 0 amide bonds. The molecule has 0 radical (unpaired) electrons. The summed E-state index contributed by atoms with van der Waals surface area (Å²) in [6.45, 7) is 8.32. The van der Waals surface area contributed by atoms with Gasteiger partial charge in [-0.3, -0.25) is 9.80 Å².